The molecule has 2 atom stereocenters. The maximum absolute atomic E-state index is 14.1. The van der Waals surface area contributed by atoms with Crippen LogP contribution in [0.2, 0.25) is 0 Å². The van der Waals surface area contributed by atoms with Gasteiger partial charge in [0.25, 0.3) is 5.91 Å². The first-order valence-corrected chi connectivity index (χ1v) is 14.2. The number of rotatable bonds is 14. The first-order valence-electron chi connectivity index (χ1n) is 14.2. The van der Waals surface area contributed by atoms with Gasteiger partial charge in [0.05, 0.1) is 32.3 Å². The number of ketones is 1. The Morgan fingerprint density at radius 2 is 1.63 bits per heavy atom. The molecule has 0 aliphatic carbocycles. The van der Waals surface area contributed by atoms with Gasteiger partial charge in [0, 0.05) is 22.9 Å². The lowest BCUT2D eigenvalue weighted by molar-refractivity contribution is -0.143. The van der Waals surface area contributed by atoms with Gasteiger partial charge < -0.3 is 19.5 Å². The van der Waals surface area contributed by atoms with Gasteiger partial charge in [-0.3, -0.25) is 19.4 Å². The Labute approximate surface area is 251 Å². The minimum absolute atomic E-state index is 0.00602. The van der Waals surface area contributed by atoms with E-state index in [4.69, 9.17) is 5.84 Å². The molecule has 0 bridgehead atoms. The number of amides is 1. The number of benzene rings is 2. The van der Waals surface area contributed by atoms with Crippen molar-refractivity contribution >= 4 is 17.7 Å². The van der Waals surface area contributed by atoms with Gasteiger partial charge in [-0.2, -0.15) is 0 Å². The molecule has 10 heteroatoms. The van der Waals surface area contributed by atoms with Crippen LogP contribution in [0.4, 0.5) is 4.39 Å². The highest BCUT2D eigenvalue weighted by Crippen LogP contribution is 2.43. The average Bonchev–Trinajstić information content (AvgIpc) is 3.31. The molecule has 1 aromatic heterocycles. The number of nitrogens with zero attached hydrogens (tertiary/aromatic N) is 2. The van der Waals surface area contributed by atoms with Crippen molar-refractivity contribution in [2.45, 2.75) is 64.7 Å². The molecule has 1 heterocycles. The molecule has 0 aliphatic rings. The lowest BCUT2D eigenvalue weighted by Gasteiger charge is -2.22. The zero-order valence-electron chi connectivity index (χ0n) is 25.0. The van der Waals surface area contributed by atoms with E-state index in [0.29, 0.717) is 28.8 Å². The van der Waals surface area contributed by atoms with Crippen molar-refractivity contribution in [1.29, 1.82) is 0 Å². The van der Waals surface area contributed by atoms with E-state index in [2.05, 4.69) is 4.74 Å². The number of carbonyl (C=O) groups excluding carboxylic acids is 3. The largest absolute Gasteiger partial charge is 0.469 e. The summed E-state index contributed by atoms with van der Waals surface area (Å²) in [6, 6.07) is 15.1. The number of methoxy groups -OCH3 is 1. The Balaban J connectivity index is 2.20. The predicted octanol–water partition coefficient (Wildman–Crippen LogP) is 4.61. The molecular weight excluding hydrogens is 553 g/mol. The first-order chi connectivity index (χ1) is 20.4. The number of allylic oxidation sites excluding steroid dienone is 1. The fourth-order valence-electron chi connectivity index (χ4n) is 5.12. The van der Waals surface area contributed by atoms with Crippen LogP contribution in [-0.2, 0) is 20.7 Å². The van der Waals surface area contributed by atoms with E-state index < -0.39 is 29.9 Å². The van der Waals surface area contributed by atoms with E-state index in [9.17, 15) is 29.0 Å². The molecule has 0 spiro atoms. The van der Waals surface area contributed by atoms with E-state index in [0.717, 1.165) is 16.3 Å². The van der Waals surface area contributed by atoms with Crippen molar-refractivity contribution in [2.24, 2.45) is 5.84 Å². The highest BCUT2D eigenvalue weighted by atomic mass is 19.1. The number of aliphatic hydroxyl groups excluding tert-OH is 2. The summed E-state index contributed by atoms with van der Waals surface area (Å²) in [6.07, 6.45) is 1.04. The van der Waals surface area contributed by atoms with Gasteiger partial charge in [-0.05, 0) is 69.4 Å². The summed E-state index contributed by atoms with van der Waals surface area (Å²) in [5.74, 6) is 4.61. The van der Waals surface area contributed by atoms with E-state index >= 15 is 0 Å². The van der Waals surface area contributed by atoms with Crippen molar-refractivity contribution < 1.29 is 33.7 Å². The van der Waals surface area contributed by atoms with Crippen LogP contribution in [0.3, 0.4) is 0 Å². The third-order valence-electron chi connectivity index (χ3n) is 7.03. The summed E-state index contributed by atoms with van der Waals surface area (Å²) in [7, 11) is 1.23. The molecule has 0 saturated carbocycles. The normalized spacial score (nSPS) is 12.9. The van der Waals surface area contributed by atoms with Gasteiger partial charge in [-0.15, -0.1) is 0 Å². The molecule has 2 aromatic carbocycles. The first kappa shape index (κ1) is 33.4. The van der Waals surface area contributed by atoms with Gasteiger partial charge in [0.15, 0.2) is 5.78 Å². The van der Waals surface area contributed by atoms with Crippen LogP contribution < -0.4 is 5.84 Å². The number of esters is 1. The standard InChI is InChI=1S/C33H40FN3O6/c1-21(2)37-28(17-16-26(39)19-27(40)20-29(41)43-4)30(24-12-14-25(34)15-13-24)31(23-10-6-5-7-11-23)32(37)33(42)36(35)18-8-9-22(3)38/h5-15,21,26-27,39-40H,16-20,35H2,1-4H3. The van der Waals surface area contributed by atoms with Crippen molar-refractivity contribution in [3.63, 3.8) is 0 Å². The molecule has 2 unspecified atom stereocenters. The zero-order valence-corrected chi connectivity index (χ0v) is 25.0. The molecule has 0 saturated heterocycles. The monoisotopic (exact) mass is 593 g/mol. The van der Waals surface area contributed by atoms with Crippen LogP contribution in [0.1, 0.15) is 62.3 Å². The summed E-state index contributed by atoms with van der Waals surface area (Å²) in [5.41, 5.74) is 3.74. The fourth-order valence-corrected chi connectivity index (χ4v) is 5.12. The number of hydrazine groups is 1. The molecule has 0 fully saturated rings. The fraction of sp³-hybridized carbons (Fsp3) is 0.364. The second-order valence-corrected chi connectivity index (χ2v) is 10.7. The summed E-state index contributed by atoms with van der Waals surface area (Å²) in [5, 5.41) is 22.1. The SMILES string of the molecule is COC(=O)CC(O)CC(O)CCc1c(-c2ccc(F)cc2)c(-c2ccccc2)c(C(=O)N(N)CC=CC(C)=O)n1C(C)C. The number of carbonyl (C=O) groups is 3. The average molecular weight is 594 g/mol. The predicted molar refractivity (Wildman–Crippen MR) is 162 cm³/mol. The number of aliphatic hydroxyl groups is 2. The molecule has 43 heavy (non-hydrogen) atoms. The van der Waals surface area contributed by atoms with Crippen LogP contribution >= 0.6 is 0 Å². The minimum atomic E-state index is -1.08. The summed E-state index contributed by atoms with van der Waals surface area (Å²) >= 11 is 0. The van der Waals surface area contributed by atoms with Crippen molar-refractivity contribution in [3.05, 3.63) is 84.0 Å². The number of aromatic nitrogens is 1. The minimum Gasteiger partial charge on any atom is -0.469 e. The molecule has 9 nitrogen and oxygen atoms in total. The Morgan fingerprint density at radius 1 is 1.00 bits per heavy atom. The van der Waals surface area contributed by atoms with Crippen molar-refractivity contribution in [2.75, 3.05) is 13.7 Å². The van der Waals surface area contributed by atoms with Crippen LogP contribution in [0, 0.1) is 5.82 Å². The van der Waals surface area contributed by atoms with Crippen LogP contribution in [0.25, 0.3) is 22.3 Å². The van der Waals surface area contributed by atoms with Gasteiger partial charge in [-0.25, -0.2) is 10.2 Å². The zero-order chi connectivity index (χ0) is 31.7. The molecule has 0 radical (unpaired) electrons. The second kappa shape index (κ2) is 15.4. The van der Waals surface area contributed by atoms with Crippen LogP contribution in [0.5, 0.6) is 0 Å². The lowest BCUT2D eigenvalue weighted by atomic mass is 9.92. The van der Waals surface area contributed by atoms with Crippen LogP contribution in [0.15, 0.2) is 66.7 Å². The van der Waals surface area contributed by atoms with Gasteiger partial charge in [0.2, 0.25) is 0 Å². The van der Waals surface area contributed by atoms with Gasteiger partial charge in [0.1, 0.15) is 11.5 Å². The molecular formula is C33H40FN3O6. The topological polar surface area (TPSA) is 135 Å². The number of halogens is 1. The molecule has 3 rings (SSSR count). The van der Waals surface area contributed by atoms with Crippen LogP contribution in [-0.4, -0.2) is 63.3 Å². The summed E-state index contributed by atoms with van der Waals surface area (Å²) in [4.78, 5) is 37.1. The Kier molecular flexibility index (Phi) is 11.9. The third-order valence-corrected chi connectivity index (χ3v) is 7.03. The Bertz CT molecular complexity index is 1430. The molecule has 230 valence electrons. The molecule has 3 aromatic rings. The highest BCUT2D eigenvalue weighted by molar-refractivity contribution is 6.05. The van der Waals surface area contributed by atoms with Gasteiger partial charge in [-0.1, -0.05) is 48.5 Å². The number of hydrogen-bond donors (Lipinski definition) is 3. The van der Waals surface area contributed by atoms with E-state index in [1.165, 1.54) is 38.3 Å². The molecule has 0 aliphatic heterocycles. The lowest BCUT2D eigenvalue weighted by Crippen LogP contribution is -2.39. The van der Waals surface area contributed by atoms with Gasteiger partial charge >= 0.3 is 5.97 Å². The maximum atomic E-state index is 14.1. The third kappa shape index (κ3) is 8.70. The number of hydrogen-bond acceptors (Lipinski definition) is 7. The Hall–Kier alpha value is -4.12. The van der Waals surface area contributed by atoms with Crippen molar-refractivity contribution in [3.8, 4) is 22.3 Å². The molecule has 4 N–H and O–H groups in total. The highest BCUT2D eigenvalue weighted by Gasteiger charge is 2.32. The number of nitrogens with two attached hydrogens (primary N) is 1. The molecule has 1 amide bonds. The van der Waals surface area contributed by atoms with E-state index in [1.54, 1.807) is 12.1 Å². The summed E-state index contributed by atoms with van der Waals surface area (Å²) < 4.78 is 20.5. The van der Waals surface area contributed by atoms with E-state index in [-0.39, 0.29) is 37.6 Å². The number of ether oxygens (including phenoxy) is 1. The second-order valence-electron chi connectivity index (χ2n) is 10.7. The smallest absolute Gasteiger partial charge is 0.308 e. The quantitative estimate of drug-likeness (QED) is 0.0817. The summed E-state index contributed by atoms with van der Waals surface area (Å²) in [6.45, 7) is 5.25. The maximum Gasteiger partial charge on any atom is 0.308 e. The van der Waals surface area contributed by atoms with Crippen molar-refractivity contribution in [1.82, 2.24) is 9.58 Å². The van der Waals surface area contributed by atoms with E-state index in [1.807, 2.05) is 48.7 Å². The Morgan fingerprint density at radius 3 is 2.21 bits per heavy atom.